The van der Waals surface area contributed by atoms with Crippen LogP contribution in [0.3, 0.4) is 0 Å². The number of anilines is 9. The minimum Gasteiger partial charge on any atom is -0.309 e. The molecule has 19 rings (SSSR count). The summed E-state index contributed by atoms with van der Waals surface area (Å²) in [7, 11) is 0. The lowest BCUT2D eigenvalue weighted by molar-refractivity contribution is 1.04. The molecule has 96 heavy (non-hydrogen) atoms. The number of hydrogen-bond acceptors (Lipinski definition) is 5. The predicted octanol–water partition coefficient (Wildman–Crippen LogP) is 23.6. The van der Waals surface area contributed by atoms with E-state index in [-0.39, 0.29) is 0 Å². The third kappa shape index (κ3) is 9.06. The van der Waals surface area contributed by atoms with Gasteiger partial charge < -0.3 is 13.7 Å². The molecule has 0 spiro atoms. The van der Waals surface area contributed by atoms with Crippen LogP contribution in [0.5, 0.6) is 0 Å². The third-order valence-corrected chi connectivity index (χ3v) is 19.1. The maximum Gasteiger partial charge on any atom is 0.238 e. The number of benzene rings is 15. The largest absolute Gasteiger partial charge is 0.309 e. The number of aromatic nitrogens is 5. The second kappa shape index (κ2) is 22.4. The van der Waals surface area contributed by atoms with Crippen molar-refractivity contribution in [3.63, 3.8) is 0 Å². The van der Waals surface area contributed by atoms with Gasteiger partial charge in [-0.2, -0.15) is 9.97 Å². The van der Waals surface area contributed by atoms with Crippen molar-refractivity contribution in [2.45, 2.75) is 0 Å². The Labute approximate surface area is 553 Å². The van der Waals surface area contributed by atoms with Crippen LogP contribution in [0.4, 0.5) is 51.7 Å². The standard InChI is InChI=1S/C88H58N8/c1-4-28-65(29-5-1)91(71-46-49-83-77(55-71)74-34-16-19-37-80(74)94(83)68-43-40-59-22-10-13-25-62(59)52-68)86-58-87(92(66-30-6-2-7-31-66)72-47-50-84-78(56-72)75-35-17-20-38-81(75)95(84)69-44-41-60-23-11-14-26-63(60)53-69)90-88(89-86)93(67-32-8-3-9-33-67)73-48-51-85-79(57-73)76-36-18-21-39-82(76)96(85)70-45-42-61-24-12-15-27-64(61)54-70/h1-58H. The second-order valence-corrected chi connectivity index (χ2v) is 24.7. The SMILES string of the molecule is c1ccc(N(c2ccc3c(c2)c2ccccc2n3-c2ccc3ccccc3c2)c2cc(N(c3ccccc3)c3ccc4c(c3)c3ccccc3n4-c3ccc4ccccc4c3)nc(N(c3ccccc3)c3ccc4c(c3)c3ccccc3n4-c3ccc4ccccc4c3)n2)cc1. The van der Waals surface area contributed by atoms with E-state index < -0.39 is 0 Å². The summed E-state index contributed by atoms with van der Waals surface area (Å²) in [6.45, 7) is 0. The summed E-state index contributed by atoms with van der Waals surface area (Å²) >= 11 is 0. The molecule has 8 nitrogen and oxygen atoms in total. The summed E-state index contributed by atoms with van der Waals surface area (Å²) in [6.07, 6.45) is 0. The summed E-state index contributed by atoms with van der Waals surface area (Å²) in [5, 5.41) is 14.0. The van der Waals surface area contributed by atoms with Gasteiger partial charge in [0.25, 0.3) is 0 Å². The van der Waals surface area contributed by atoms with Gasteiger partial charge in [0.15, 0.2) is 0 Å². The Morgan fingerprint density at radius 1 is 0.188 bits per heavy atom. The molecule has 0 atom stereocenters. The average molecular weight is 1230 g/mol. The van der Waals surface area contributed by atoms with Crippen molar-refractivity contribution in [3.8, 4) is 17.1 Å². The molecular formula is C88H58N8. The molecule has 0 fully saturated rings. The van der Waals surface area contributed by atoms with Crippen molar-refractivity contribution < 1.29 is 0 Å². The maximum atomic E-state index is 5.91. The van der Waals surface area contributed by atoms with E-state index in [0.29, 0.717) is 17.6 Å². The smallest absolute Gasteiger partial charge is 0.238 e. The second-order valence-electron chi connectivity index (χ2n) is 24.7. The molecular weight excluding hydrogens is 1170 g/mol. The van der Waals surface area contributed by atoms with Gasteiger partial charge >= 0.3 is 0 Å². The first-order chi connectivity index (χ1) is 47.6. The Morgan fingerprint density at radius 2 is 0.469 bits per heavy atom. The number of rotatable bonds is 12. The molecule has 0 aliphatic carbocycles. The van der Waals surface area contributed by atoms with Crippen molar-refractivity contribution >= 4 is 149 Å². The maximum absolute atomic E-state index is 5.91. The minimum atomic E-state index is 0.483. The van der Waals surface area contributed by atoms with Gasteiger partial charge in [-0.25, -0.2) is 0 Å². The molecule has 0 aliphatic heterocycles. The number of hydrogen-bond donors (Lipinski definition) is 0. The molecule has 0 unspecified atom stereocenters. The van der Waals surface area contributed by atoms with Crippen molar-refractivity contribution in [1.82, 2.24) is 23.7 Å². The van der Waals surface area contributed by atoms with Gasteiger partial charge in [-0.05, 0) is 178 Å². The van der Waals surface area contributed by atoms with Crippen LogP contribution < -0.4 is 14.7 Å². The number of nitrogens with zero attached hydrogens (tertiary/aromatic N) is 8. The molecule has 0 aliphatic rings. The van der Waals surface area contributed by atoms with Crippen LogP contribution >= 0.6 is 0 Å². The molecule has 0 radical (unpaired) electrons. The van der Waals surface area contributed by atoms with Gasteiger partial charge in [-0.3, -0.25) is 14.7 Å². The summed E-state index contributed by atoms with van der Waals surface area (Å²) in [5.41, 5.74) is 15.6. The molecule has 450 valence electrons. The van der Waals surface area contributed by atoms with Crippen molar-refractivity contribution in [2.24, 2.45) is 0 Å². The average Bonchev–Trinajstić information content (AvgIpc) is 1.78. The Balaban J connectivity index is 0.859. The number of para-hydroxylation sites is 6. The first-order valence-corrected chi connectivity index (χ1v) is 32.6. The number of fused-ring (bicyclic) bond motifs is 12. The monoisotopic (exact) mass is 1230 g/mol. The molecule has 0 amide bonds. The molecule has 19 aromatic rings. The van der Waals surface area contributed by atoms with Crippen LogP contribution in [0, 0.1) is 0 Å². The molecule has 15 aromatic carbocycles. The van der Waals surface area contributed by atoms with E-state index in [1.165, 1.54) is 32.3 Å². The lowest BCUT2D eigenvalue weighted by Crippen LogP contribution is -2.20. The molecule has 4 aromatic heterocycles. The Bertz CT molecular complexity index is 5630. The zero-order chi connectivity index (χ0) is 63.2. The lowest BCUT2D eigenvalue weighted by Gasteiger charge is -2.31. The molecule has 0 saturated heterocycles. The van der Waals surface area contributed by atoms with Gasteiger partial charge in [-0.15, -0.1) is 0 Å². The van der Waals surface area contributed by atoms with Gasteiger partial charge in [0, 0.05) is 89.6 Å². The van der Waals surface area contributed by atoms with E-state index in [1.807, 2.05) is 0 Å². The van der Waals surface area contributed by atoms with E-state index in [4.69, 9.17) is 9.97 Å². The zero-order valence-corrected chi connectivity index (χ0v) is 52.1. The van der Waals surface area contributed by atoms with Crippen LogP contribution in [-0.2, 0) is 0 Å². The highest BCUT2D eigenvalue weighted by molar-refractivity contribution is 6.14. The fraction of sp³-hybridized carbons (Fsp3) is 0. The highest BCUT2D eigenvalue weighted by Crippen LogP contribution is 2.47. The normalized spacial score (nSPS) is 11.8. The third-order valence-electron chi connectivity index (χ3n) is 19.1. The van der Waals surface area contributed by atoms with Gasteiger partial charge in [0.2, 0.25) is 5.95 Å². The summed E-state index contributed by atoms with van der Waals surface area (Å²) in [6, 6.07) is 127. The van der Waals surface area contributed by atoms with E-state index in [0.717, 1.165) is 117 Å². The first kappa shape index (κ1) is 54.7. The fourth-order valence-corrected chi connectivity index (χ4v) is 14.8. The van der Waals surface area contributed by atoms with E-state index >= 15 is 0 Å². The summed E-state index contributed by atoms with van der Waals surface area (Å²) < 4.78 is 7.19. The van der Waals surface area contributed by atoms with Gasteiger partial charge in [0.1, 0.15) is 11.6 Å². The topological polar surface area (TPSA) is 50.3 Å². The van der Waals surface area contributed by atoms with Crippen LogP contribution in [0.15, 0.2) is 352 Å². The summed E-state index contributed by atoms with van der Waals surface area (Å²) in [4.78, 5) is 18.6. The van der Waals surface area contributed by atoms with E-state index in [2.05, 4.69) is 380 Å². The Morgan fingerprint density at radius 3 is 0.823 bits per heavy atom. The van der Waals surface area contributed by atoms with Crippen LogP contribution in [0.25, 0.3) is 115 Å². The van der Waals surface area contributed by atoms with Crippen LogP contribution in [0.1, 0.15) is 0 Å². The Hall–Kier alpha value is -13.0. The predicted molar refractivity (Wildman–Crippen MR) is 402 cm³/mol. The lowest BCUT2D eigenvalue weighted by atomic mass is 10.1. The van der Waals surface area contributed by atoms with Gasteiger partial charge in [-0.1, -0.05) is 200 Å². The quantitative estimate of drug-likeness (QED) is 0.122. The molecule has 8 heteroatoms. The minimum absolute atomic E-state index is 0.483. The molecule has 0 saturated carbocycles. The van der Waals surface area contributed by atoms with Crippen LogP contribution in [0.2, 0.25) is 0 Å². The van der Waals surface area contributed by atoms with Crippen molar-refractivity contribution in [3.05, 3.63) is 352 Å². The Kier molecular flexibility index (Phi) is 12.7. The van der Waals surface area contributed by atoms with Crippen LogP contribution in [-0.4, -0.2) is 23.7 Å². The fourth-order valence-electron chi connectivity index (χ4n) is 14.8. The van der Waals surface area contributed by atoms with Crippen molar-refractivity contribution in [1.29, 1.82) is 0 Å². The zero-order valence-electron chi connectivity index (χ0n) is 52.1. The molecule has 4 heterocycles. The molecule has 0 bridgehead atoms. The summed E-state index contributed by atoms with van der Waals surface area (Å²) in [5.74, 6) is 1.82. The van der Waals surface area contributed by atoms with E-state index in [1.54, 1.807) is 0 Å². The van der Waals surface area contributed by atoms with Crippen molar-refractivity contribution in [2.75, 3.05) is 14.7 Å². The van der Waals surface area contributed by atoms with Gasteiger partial charge in [0.05, 0.1) is 33.1 Å². The molecule has 0 N–H and O–H groups in total. The van der Waals surface area contributed by atoms with E-state index in [9.17, 15) is 0 Å². The highest BCUT2D eigenvalue weighted by Gasteiger charge is 2.28. The highest BCUT2D eigenvalue weighted by atomic mass is 15.3. The first-order valence-electron chi connectivity index (χ1n) is 32.6.